The number of pyridine rings is 1. The second kappa shape index (κ2) is 7.97. The maximum atomic E-state index is 6.14. The molecule has 0 N–H and O–H groups in total. The number of thioether (sulfide) groups is 1. The summed E-state index contributed by atoms with van der Waals surface area (Å²) in [6.07, 6.45) is 3.47. The lowest BCUT2D eigenvalue weighted by Crippen LogP contribution is -2.00. The van der Waals surface area contributed by atoms with E-state index in [0.717, 1.165) is 23.1 Å². The molecule has 0 unspecified atom stereocenters. The molecule has 0 spiro atoms. The van der Waals surface area contributed by atoms with Crippen LogP contribution in [0.3, 0.4) is 0 Å². The second-order valence-corrected chi connectivity index (χ2v) is 8.56. The molecule has 0 aromatic carbocycles. The maximum Gasteiger partial charge on any atom is 0.260 e. The lowest BCUT2D eigenvalue weighted by molar-refractivity contribution is 0.425. The van der Waals surface area contributed by atoms with Crippen LogP contribution in [-0.2, 0) is 12.3 Å². The summed E-state index contributed by atoms with van der Waals surface area (Å²) in [5.74, 6) is 2.20. The minimum atomic E-state index is 0.355. The Kier molecular flexibility index (Phi) is 5.44. The predicted octanol–water partition coefficient (Wildman–Crippen LogP) is 5.07. The van der Waals surface area contributed by atoms with Crippen LogP contribution in [0.5, 0.6) is 0 Å². The zero-order valence-corrected chi connectivity index (χ0v) is 17.1. The second-order valence-electron chi connectivity index (χ2n) is 5.33. The summed E-state index contributed by atoms with van der Waals surface area (Å²) in [6.45, 7) is 2.79. The number of rotatable bonds is 6. The van der Waals surface area contributed by atoms with Gasteiger partial charge in [0.1, 0.15) is 4.34 Å². The highest BCUT2D eigenvalue weighted by Gasteiger charge is 2.17. The number of halogens is 2. The Morgan fingerprint density at radius 2 is 2.04 bits per heavy atom. The van der Waals surface area contributed by atoms with Crippen LogP contribution in [0.25, 0.3) is 22.8 Å². The maximum absolute atomic E-state index is 6.14. The molecule has 0 aliphatic rings. The van der Waals surface area contributed by atoms with Gasteiger partial charge in [-0.15, -0.1) is 21.5 Å². The molecule has 0 radical (unpaired) electrons. The molecule has 0 fully saturated rings. The van der Waals surface area contributed by atoms with Gasteiger partial charge < -0.3 is 9.09 Å². The van der Waals surface area contributed by atoms with Gasteiger partial charge in [-0.1, -0.05) is 40.1 Å². The molecule has 0 saturated heterocycles. The van der Waals surface area contributed by atoms with Gasteiger partial charge in [0, 0.05) is 24.5 Å². The molecule has 4 rings (SSSR count). The van der Waals surface area contributed by atoms with Crippen molar-refractivity contribution in [3.05, 3.63) is 45.1 Å². The van der Waals surface area contributed by atoms with E-state index in [4.69, 9.17) is 27.7 Å². The first-order valence-corrected chi connectivity index (χ1v) is 10.5. The molecule has 7 nitrogen and oxygen atoms in total. The smallest absolute Gasteiger partial charge is 0.260 e. The largest absolute Gasteiger partial charge is 0.334 e. The third kappa shape index (κ3) is 3.86. The number of aromatic nitrogens is 6. The Labute approximate surface area is 172 Å². The van der Waals surface area contributed by atoms with Crippen LogP contribution in [0.4, 0.5) is 0 Å². The number of nitrogens with zero attached hydrogens (tertiary/aromatic N) is 6. The average molecular weight is 439 g/mol. The topological polar surface area (TPSA) is 82.5 Å². The Morgan fingerprint density at radius 1 is 1.22 bits per heavy atom. The molecule has 0 saturated carbocycles. The summed E-state index contributed by atoms with van der Waals surface area (Å²) in [5, 5.41) is 13.4. The zero-order chi connectivity index (χ0) is 18.8. The molecular weight excluding hydrogens is 427 g/mol. The van der Waals surface area contributed by atoms with E-state index in [1.165, 1.54) is 23.1 Å². The van der Waals surface area contributed by atoms with Crippen LogP contribution in [0.15, 0.2) is 40.3 Å². The van der Waals surface area contributed by atoms with E-state index in [0.29, 0.717) is 31.7 Å². The average Bonchev–Trinajstić information content (AvgIpc) is 3.38. The van der Waals surface area contributed by atoms with Gasteiger partial charge >= 0.3 is 0 Å². The van der Waals surface area contributed by atoms with Crippen molar-refractivity contribution in [2.75, 3.05) is 0 Å². The lowest BCUT2D eigenvalue weighted by atomic mass is 10.2. The summed E-state index contributed by atoms with van der Waals surface area (Å²) in [4.78, 5) is 8.43. The lowest BCUT2D eigenvalue weighted by Gasteiger charge is -2.06. The van der Waals surface area contributed by atoms with E-state index in [2.05, 4.69) is 25.3 Å². The van der Waals surface area contributed by atoms with Gasteiger partial charge in [0.2, 0.25) is 0 Å². The first-order valence-electron chi connectivity index (χ1n) is 7.90. The molecule has 0 aliphatic heterocycles. The molecule has 0 amide bonds. The monoisotopic (exact) mass is 438 g/mol. The number of hydrogen-bond acceptors (Lipinski definition) is 8. The Balaban J connectivity index is 1.51. The molecule has 11 heteroatoms. The molecule has 4 heterocycles. The van der Waals surface area contributed by atoms with E-state index in [9.17, 15) is 0 Å². The van der Waals surface area contributed by atoms with Crippen LogP contribution in [0.2, 0.25) is 8.67 Å². The van der Waals surface area contributed by atoms with Crippen LogP contribution < -0.4 is 0 Å². The van der Waals surface area contributed by atoms with Gasteiger partial charge in [-0.2, -0.15) is 4.98 Å². The quantitative estimate of drug-likeness (QED) is 0.388. The minimum Gasteiger partial charge on any atom is -0.334 e. The van der Waals surface area contributed by atoms with Gasteiger partial charge in [0.05, 0.1) is 15.7 Å². The highest BCUT2D eigenvalue weighted by molar-refractivity contribution is 7.98. The van der Waals surface area contributed by atoms with Crippen molar-refractivity contribution in [2.45, 2.75) is 24.4 Å². The normalized spacial score (nSPS) is 11.2. The molecule has 138 valence electrons. The van der Waals surface area contributed by atoms with Gasteiger partial charge in [0.15, 0.2) is 16.8 Å². The predicted molar refractivity (Wildman–Crippen MR) is 106 cm³/mol. The summed E-state index contributed by atoms with van der Waals surface area (Å²) >= 11 is 14.9. The highest BCUT2D eigenvalue weighted by atomic mass is 35.5. The third-order valence-electron chi connectivity index (χ3n) is 3.66. The fourth-order valence-corrected chi connectivity index (χ4v) is 4.73. The molecular formula is C16H12Cl2N6OS2. The summed E-state index contributed by atoms with van der Waals surface area (Å²) in [6, 6.07) is 5.53. The van der Waals surface area contributed by atoms with E-state index in [1.807, 2.05) is 23.6 Å². The van der Waals surface area contributed by atoms with Crippen molar-refractivity contribution in [2.24, 2.45) is 0 Å². The highest BCUT2D eigenvalue weighted by Crippen LogP contribution is 2.37. The van der Waals surface area contributed by atoms with Crippen LogP contribution in [0, 0.1) is 0 Å². The zero-order valence-electron chi connectivity index (χ0n) is 14.0. The molecule has 4 aromatic heterocycles. The van der Waals surface area contributed by atoms with Crippen molar-refractivity contribution < 1.29 is 4.52 Å². The standard InChI is InChI=1S/C16H12Cl2N6OS2/c1-2-24-14(9-3-5-19-6-4-9)21-22-16(24)26-8-12-20-15(25-23-12)10-7-11(17)27-13(10)18/h3-7H,2,8H2,1H3. The Bertz CT molecular complexity index is 1060. The molecule has 27 heavy (non-hydrogen) atoms. The Hall–Kier alpha value is -1.94. The van der Waals surface area contributed by atoms with Crippen LogP contribution in [0.1, 0.15) is 12.7 Å². The number of thiophene rings is 1. The van der Waals surface area contributed by atoms with Crippen molar-refractivity contribution >= 4 is 46.3 Å². The molecule has 4 aromatic rings. The van der Waals surface area contributed by atoms with E-state index in [1.54, 1.807) is 18.5 Å². The van der Waals surface area contributed by atoms with Crippen molar-refractivity contribution in [3.63, 3.8) is 0 Å². The van der Waals surface area contributed by atoms with Crippen LogP contribution >= 0.6 is 46.3 Å². The summed E-state index contributed by atoms with van der Waals surface area (Å²) in [7, 11) is 0. The Morgan fingerprint density at radius 3 is 2.74 bits per heavy atom. The van der Waals surface area contributed by atoms with Gasteiger partial charge in [-0.3, -0.25) is 4.98 Å². The van der Waals surface area contributed by atoms with Gasteiger partial charge in [-0.25, -0.2) is 0 Å². The fourth-order valence-electron chi connectivity index (χ4n) is 2.43. The summed E-state index contributed by atoms with van der Waals surface area (Å²) < 4.78 is 8.44. The van der Waals surface area contributed by atoms with Crippen molar-refractivity contribution in [3.8, 4) is 22.8 Å². The fraction of sp³-hybridized carbons (Fsp3) is 0.188. The van der Waals surface area contributed by atoms with Crippen molar-refractivity contribution in [1.82, 2.24) is 29.9 Å². The van der Waals surface area contributed by atoms with Gasteiger partial charge in [-0.05, 0) is 25.1 Å². The third-order valence-corrected chi connectivity index (χ3v) is 6.11. The minimum absolute atomic E-state index is 0.355. The van der Waals surface area contributed by atoms with E-state index >= 15 is 0 Å². The number of hydrogen-bond donors (Lipinski definition) is 0. The first kappa shape index (κ1) is 18.4. The van der Waals surface area contributed by atoms with E-state index in [-0.39, 0.29) is 0 Å². The SMILES string of the molecule is CCn1c(SCc2noc(-c3cc(Cl)sc3Cl)n2)nnc1-c1ccncc1. The summed E-state index contributed by atoms with van der Waals surface area (Å²) in [5.41, 5.74) is 1.61. The molecule has 0 atom stereocenters. The molecule has 0 bridgehead atoms. The van der Waals surface area contributed by atoms with Crippen molar-refractivity contribution in [1.29, 1.82) is 0 Å². The van der Waals surface area contributed by atoms with E-state index < -0.39 is 0 Å². The van der Waals surface area contributed by atoms with Gasteiger partial charge in [0.25, 0.3) is 5.89 Å². The van der Waals surface area contributed by atoms with Crippen LogP contribution in [-0.4, -0.2) is 29.9 Å². The molecule has 0 aliphatic carbocycles. The first-order chi connectivity index (χ1) is 13.2.